The van der Waals surface area contributed by atoms with E-state index in [0.29, 0.717) is 0 Å². The highest BCUT2D eigenvalue weighted by molar-refractivity contribution is 7.75. The molecule has 1 aromatic carbocycles. The van der Waals surface area contributed by atoms with Crippen molar-refractivity contribution in [2.45, 2.75) is 34.1 Å². The molecule has 1 unspecified atom stereocenters. The molecule has 1 heterocycles. The molecular weight excluding hydrogens is 215 g/mol. The van der Waals surface area contributed by atoms with E-state index in [9.17, 15) is 4.57 Å². The van der Waals surface area contributed by atoms with Crippen molar-refractivity contribution >= 4 is 12.4 Å². The Morgan fingerprint density at radius 2 is 1.62 bits per heavy atom. The third kappa shape index (κ3) is 1.89. The minimum atomic E-state index is -2.24. The van der Waals surface area contributed by atoms with Crippen LogP contribution in [0.15, 0.2) is 23.5 Å². The predicted octanol–water partition coefficient (Wildman–Crippen LogP) is 3.91. The molecular formula is C14H19OP. The van der Waals surface area contributed by atoms with Crippen LogP contribution in [0.1, 0.15) is 30.0 Å². The van der Waals surface area contributed by atoms with Crippen LogP contribution in [-0.4, -0.2) is 6.16 Å². The Morgan fingerprint density at radius 3 is 2.06 bits per heavy atom. The van der Waals surface area contributed by atoms with Gasteiger partial charge in [0, 0.05) is 11.5 Å². The van der Waals surface area contributed by atoms with Crippen molar-refractivity contribution in [3.63, 3.8) is 0 Å². The second-order valence-corrected chi connectivity index (χ2v) is 7.74. The van der Waals surface area contributed by atoms with E-state index >= 15 is 0 Å². The number of hydrogen-bond acceptors (Lipinski definition) is 1. The first kappa shape index (κ1) is 11.7. The largest absolute Gasteiger partial charge is 0.314 e. The van der Waals surface area contributed by atoms with Gasteiger partial charge >= 0.3 is 0 Å². The highest BCUT2D eigenvalue weighted by atomic mass is 31.2. The van der Waals surface area contributed by atoms with E-state index in [1.54, 1.807) is 0 Å². The molecule has 1 aliphatic rings. The van der Waals surface area contributed by atoms with Gasteiger partial charge in [0.2, 0.25) is 0 Å². The Labute approximate surface area is 97.9 Å². The molecule has 0 saturated carbocycles. The van der Waals surface area contributed by atoms with Crippen LogP contribution < -0.4 is 5.30 Å². The number of rotatable bonds is 1. The Hall–Kier alpha value is -0.810. The van der Waals surface area contributed by atoms with Crippen LogP contribution in [0.3, 0.4) is 0 Å². The van der Waals surface area contributed by atoms with E-state index in [1.807, 2.05) is 5.82 Å². The van der Waals surface area contributed by atoms with Gasteiger partial charge in [-0.2, -0.15) is 0 Å². The average Bonchev–Trinajstić information content (AvgIpc) is 2.44. The minimum absolute atomic E-state index is 0.823. The van der Waals surface area contributed by atoms with Gasteiger partial charge in [-0.25, -0.2) is 0 Å². The average molecular weight is 234 g/mol. The van der Waals surface area contributed by atoms with E-state index < -0.39 is 7.14 Å². The van der Waals surface area contributed by atoms with Crippen molar-refractivity contribution in [3.8, 4) is 0 Å². The van der Waals surface area contributed by atoms with Crippen molar-refractivity contribution in [2.24, 2.45) is 0 Å². The molecule has 1 nitrogen and oxygen atoms in total. The highest BCUT2D eigenvalue weighted by Gasteiger charge is 2.29. The number of benzene rings is 1. The van der Waals surface area contributed by atoms with Crippen molar-refractivity contribution in [3.05, 3.63) is 40.2 Å². The zero-order chi connectivity index (χ0) is 11.9. The summed E-state index contributed by atoms with van der Waals surface area (Å²) in [6.45, 7) is 8.33. The lowest BCUT2D eigenvalue weighted by Gasteiger charge is -2.16. The summed E-state index contributed by atoms with van der Waals surface area (Å²) in [5.74, 6) is 2.03. The second kappa shape index (κ2) is 3.89. The van der Waals surface area contributed by atoms with Gasteiger partial charge in [-0.05, 0) is 51.1 Å². The lowest BCUT2D eigenvalue weighted by atomic mass is 10.1. The summed E-state index contributed by atoms with van der Waals surface area (Å²) in [5, 5.41) is 1.11. The standard InChI is InChI=1S/C14H19OP/c1-10-5-6-16(15,9-10)14-12(3)7-11(2)8-13(14)4/h7-9H,5-6H2,1-4H3. The fourth-order valence-corrected chi connectivity index (χ4v) is 6.10. The molecule has 1 atom stereocenters. The second-order valence-electron chi connectivity index (χ2n) is 4.99. The molecule has 86 valence electrons. The topological polar surface area (TPSA) is 17.1 Å². The van der Waals surface area contributed by atoms with Gasteiger partial charge in [0.05, 0.1) is 0 Å². The van der Waals surface area contributed by atoms with E-state index in [1.165, 1.54) is 22.3 Å². The Kier molecular flexibility index (Phi) is 2.84. The van der Waals surface area contributed by atoms with Gasteiger partial charge in [-0.1, -0.05) is 23.3 Å². The van der Waals surface area contributed by atoms with Crippen molar-refractivity contribution in [1.82, 2.24) is 0 Å². The molecule has 0 fully saturated rings. The van der Waals surface area contributed by atoms with Gasteiger partial charge in [0.1, 0.15) is 7.14 Å². The number of aryl methyl sites for hydroxylation is 3. The van der Waals surface area contributed by atoms with E-state index in [0.717, 1.165) is 17.9 Å². The SMILES string of the molecule is CC1=CP(=O)(c2c(C)cc(C)cc2C)CC1. The van der Waals surface area contributed by atoms with E-state index in [2.05, 4.69) is 39.8 Å². The summed E-state index contributed by atoms with van der Waals surface area (Å²) in [5.41, 5.74) is 4.91. The fourth-order valence-electron chi connectivity index (χ4n) is 2.77. The van der Waals surface area contributed by atoms with Gasteiger partial charge in [0.15, 0.2) is 0 Å². The fraction of sp³-hybridized carbons (Fsp3) is 0.429. The maximum absolute atomic E-state index is 12.9. The molecule has 1 aromatic rings. The maximum Gasteiger partial charge on any atom is 0.137 e. The van der Waals surface area contributed by atoms with Gasteiger partial charge in [-0.15, -0.1) is 0 Å². The van der Waals surface area contributed by atoms with E-state index in [-0.39, 0.29) is 0 Å². The summed E-state index contributed by atoms with van der Waals surface area (Å²) in [6, 6.07) is 4.28. The summed E-state index contributed by atoms with van der Waals surface area (Å²) in [6.07, 6.45) is 1.81. The van der Waals surface area contributed by atoms with Crippen LogP contribution in [0.4, 0.5) is 0 Å². The van der Waals surface area contributed by atoms with Crippen LogP contribution in [0.2, 0.25) is 0 Å². The Balaban J connectivity index is 2.62. The van der Waals surface area contributed by atoms with Crippen LogP contribution in [0, 0.1) is 20.8 Å². The molecule has 0 N–H and O–H groups in total. The molecule has 1 aliphatic heterocycles. The van der Waals surface area contributed by atoms with Crippen LogP contribution in [-0.2, 0) is 4.57 Å². The molecule has 2 heteroatoms. The first-order chi connectivity index (χ1) is 7.42. The van der Waals surface area contributed by atoms with Crippen molar-refractivity contribution in [2.75, 3.05) is 6.16 Å². The van der Waals surface area contributed by atoms with Crippen LogP contribution in [0.5, 0.6) is 0 Å². The molecule has 0 spiro atoms. The molecule has 0 aliphatic carbocycles. The normalized spacial score (nSPS) is 24.6. The molecule has 16 heavy (non-hydrogen) atoms. The third-order valence-corrected chi connectivity index (χ3v) is 6.49. The van der Waals surface area contributed by atoms with Crippen LogP contribution >= 0.6 is 7.14 Å². The van der Waals surface area contributed by atoms with Crippen molar-refractivity contribution < 1.29 is 4.57 Å². The molecule has 2 rings (SSSR count). The minimum Gasteiger partial charge on any atom is -0.314 e. The highest BCUT2D eigenvalue weighted by Crippen LogP contribution is 2.54. The molecule has 0 amide bonds. The Morgan fingerprint density at radius 1 is 1.06 bits per heavy atom. The molecule has 0 radical (unpaired) electrons. The van der Waals surface area contributed by atoms with Crippen LogP contribution in [0.25, 0.3) is 0 Å². The molecule has 0 bridgehead atoms. The van der Waals surface area contributed by atoms with Crippen molar-refractivity contribution in [1.29, 1.82) is 0 Å². The summed E-state index contributed by atoms with van der Waals surface area (Å²) in [7, 11) is -2.24. The number of allylic oxidation sites excluding steroid dienone is 1. The smallest absolute Gasteiger partial charge is 0.137 e. The first-order valence-electron chi connectivity index (χ1n) is 5.78. The van der Waals surface area contributed by atoms with Gasteiger partial charge in [-0.3, -0.25) is 0 Å². The summed E-state index contributed by atoms with van der Waals surface area (Å²) in [4.78, 5) is 0. The number of hydrogen-bond donors (Lipinski definition) is 0. The van der Waals surface area contributed by atoms with Gasteiger partial charge < -0.3 is 4.57 Å². The van der Waals surface area contributed by atoms with E-state index in [4.69, 9.17) is 0 Å². The summed E-state index contributed by atoms with van der Waals surface area (Å²) < 4.78 is 12.9. The third-order valence-electron chi connectivity index (χ3n) is 3.28. The lowest BCUT2D eigenvalue weighted by Crippen LogP contribution is -2.12. The Bertz CT molecular complexity index is 488. The summed E-state index contributed by atoms with van der Waals surface area (Å²) >= 11 is 0. The molecule has 0 saturated heterocycles. The zero-order valence-corrected chi connectivity index (χ0v) is 11.4. The first-order valence-corrected chi connectivity index (χ1v) is 7.74. The monoisotopic (exact) mass is 234 g/mol. The quantitative estimate of drug-likeness (QED) is 0.673. The molecule has 0 aromatic heterocycles. The van der Waals surface area contributed by atoms with Gasteiger partial charge in [0.25, 0.3) is 0 Å². The maximum atomic E-state index is 12.9. The predicted molar refractivity (Wildman–Crippen MR) is 71.1 cm³/mol. The lowest BCUT2D eigenvalue weighted by molar-refractivity contribution is 0.587. The zero-order valence-electron chi connectivity index (χ0n) is 10.5.